The minimum absolute atomic E-state index is 0.0596. The highest BCUT2D eigenvalue weighted by molar-refractivity contribution is 6.44. The fourth-order valence-electron chi connectivity index (χ4n) is 4.49. The summed E-state index contributed by atoms with van der Waals surface area (Å²) < 4.78 is 10.9. The van der Waals surface area contributed by atoms with E-state index in [1.807, 2.05) is 31.2 Å². The molecule has 2 aromatic rings. The summed E-state index contributed by atoms with van der Waals surface area (Å²) in [6, 6.07) is 12.4. The molecule has 3 atom stereocenters. The Labute approximate surface area is 182 Å². The lowest BCUT2D eigenvalue weighted by Gasteiger charge is -2.27. The van der Waals surface area contributed by atoms with Crippen LogP contribution in [0.15, 0.2) is 42.5 Å². The zero-order chi connectivity index (χ0) is 22.1. The number of rotatable bonds is 7. The molecule has 6 heteroatoms. The second kappa shape index (κ2) is 8.63. The monoisotopic (exact) mass is 421 g/mol. The largest absolute Gasteiger partial charge is 0.490 e. The Bertz CT molecular complexity index is 1010. The van der Waals surface area contributed by atoms with Crippen LogP contribution in [-0.4, -0.2) is 48.7 Å². The van der Waals surface area contributed by atoms with Crippen molar-refractivity contribution >= 4 is 17.5 Å². The molecule has 1 amide bonds. The van der Waals surface area contributed by atoms with Crippen LogP contribution in [0.5, 0.6) is 5.75 Å². The Morgan fingerprint density at radius 1 is 1.16 bits per heavy atom. The number of methoxy groups -OCH3 is 1. The third kappa shape index (κ3) is 3.88. The Kier molecular flexibility index (Phi) is 5.92. The van der Waals surface area contributed by atoms with Crippen LogP contribution in [0.3, 0.4) is 0 Å². The van der Waals surface area contributed by atoms with E-state index in [1.54, 1.807) is 25.3 Å². The number of carbonyl (C=O) groups is 3. The minimum Gasteiger partial charge on any atom is -0.490 e. The van der Waals surface area contributed by atoms with Gasteiger partial charge in [-0.1, -0.05) is 31.2 Å². The second-order valence-electron chi connectivity index (χ2n) is 8.19. The quantitative estimate of drug-likeness (QED) is 0.390. The average Bonchev–Trinajstić information content (AvgIpc) is 3.27. The van der Waals surface area contributed by atoms with Gasteiger partial charge in [-0.2, -0.15) is 0 Å². The van der Waals surface area contributed by atoms with Gasteiger partial charge in [0.15, 0.2) is 5.78 Å². The van der Waals surface area contributed by atoms with Crippen molar-refractivity contribution in [3.8, 4) is 5.75 Å². The first kappa shape index (κ1) is 21.2. The molecule has 0 saturated carbocycles. The van der Waals surface area contributed by atoms with Gasteiger partial charge in [-0.3, -0.25) is 14.4 Å². The van der Waals surface area contributed by atoms with E-state index in [1.165, 1.54) is 4.90 Å². The number of hydrogen-bond acceptors (Lipinski definition) is 5. The second-order valence-corrected chi connectivity index (χ2v) is 8.19. The number of benzene rings is 2. The van der Waals surface area contributed by atoms with Crippen molar-refractivity contribution in [2.45, 2.75) is 38.8 Å². The van der Waals surface area contributed by atoms with E-state index >= 15 is 0 Å². The molecule has 3 unspecified atom stereocenters. The van der Waals surface area contributed by atoms with Crippen molar-refractivity contribution in [2.75, 3.05) is 20.3 Å². The molecule has 0 aliphatic carbocycles. The summed E-state index contributed by atoms with van der Waals surface area (Å²) >= 11 is 0. The zero-order valence-electron chi connectivity index (χ0n) is 18.1. The molecule has 31 heavy (non-hydrogen) atoms. The lowest BCUT2D eigenvalue weighted by atomic mass is 9.85. The molecule has 2 aromatic carbocycles. The summed E-state index contributed by atoms with van der Waals surface area (Å²) in [7, 11) is 1.55. The van der Waals surface area contributed by atoms with Crippen molar-refractivity contribution in [3.05, 3.63) is 64.7 Å². The van der Waals surface area contributed by atoms with Gasteiger partial charge in [-0.25, -0.2) is 0 Å². The van der Waals surface area contributed by atoms with E-state index in [0.717, 1.165) is 35.3 Å². The summed E-state index contributed by atoms with van der Waals surface area (Å²) in [5, 5.41) is 0. The maximum absolute atomic E-state index is 13.5. The van der Waals surface area contributed by atoms with E-state index in [9.17, 15) is 14.4 Å². The lowest BCUT2D eigenvalue weighted by molar-refractivity contribution is -0.141. The van der Waals surface area contributed by atoms with Crippen LogP contribution in [0.1, 0.15) is 46.9 Å². The SMILES string of the molecule is CCc1ccc(C2C(C(=O)c3ccc4c(c3)CC(C)O4)C(=O)C(=O)N2CCOC)cc1. The van der Waals surface area contributed by atoms with Gasteiger partial charge in [-0.05, 0) is 48.2 Å². The third-order valence-electron chi connectivity index (χ3n) is 6.13. The standard InChI is InChI=1S/C25H27NO5/c1-4-16-5-7-17(8-6-16)22-21(24(28)25(29)26(22)11-12-30-3)23(27)18-9-10-20-19(14-18)13-15(2)31-20/h5-10,14-15,21-22H,4,11-13H2,1-3H3. The molecule has 0 N–H and O–H groups in total. The highest BCUT2D eigenvalue weighted by Gasteiger charge is 2.51. The Hall–Kier alpha value is -2.99. The number of ether oxygens (including phenoxy) is 2. The van der Waals surface area contributed by atoms with E-state index < -0.39 is 23.7 Å². The average molecular weight is 421 g/mol. The molecule has 1 saturated heterocycles. The maximum atomic E-state index is 13.5. The van der Waals surface area contributed by atoms with Gasteiger partial charge in [0.2, 0.25) is 5.78 Å². The molecule has 4 rings (SSSR count). The number of nitrogens with zero attached hydrogens (tertiary/aromatic N) is 1. The van der Waals surface area contributed by atoms with Crippen molar-refractivity contribution in [1.29, 1.82) is 0 Å². The number of hydrogen-bond donors (Lipinski definition) is 0. The predicted octanol–water partition coefficient (Wildman–Crippen LogP) is 3.17. The van der Waals surface area contributed by atoms with Gasteiger partial charge in [0, 0.05) is 25.6 Å². The molecule has 0 radical (unpaired) electrons. The van der Waals surface area contributed by atoms with Gasteiger partial charge in [0.1, 0.15) is 17.8 Å². The smallest absolute Gasteiger partial charge is 0.291 e. The van der Waals surface area contributed by atoms with Crippen molar-refractivity contribution < 1.29 is 23.9 Å². The molecular weight excluding hydrogens is 394 g/mol. The van der Waals surface area contributed by atoms with Crippen molar-refractivity contribution in [3.63, 3.8) is 0 Å². The summed E-state index contributed by atoms with van der Waals surface area (Å²) in [5.41, 5.74) is 3.32. The number of carbonyl (C=O) groups excluding carboxylic acids is 3. The number of amides is 1. The molecule has 2 aliphatic rings. The first-order chi connectivity index (χ1) is 14.9. The van der Waals surface area contributed by atoms with Crippen LogP contribution in [0.2, 0.25) is 0 Å². The molecular formula is C25H27NO5. The molecule has 1 fully saturated rings. The van der Waals surface area contributed by atoms with E-state index in [0.29, 0.717) is 5.56 Å². The molecule has 6 nitrogen and oxygen atoms in total. The van der Waals surface area contributed by atoms with Crippen molar-refractivity contribution in [2.24, 2.45) is 5.92 Å². The van der Waals surface area contributed by atoms with Gasteiger partial charge < -0.3 is 14.4 Å². The minimum atomic E-state index is -1.07. The van der Waals surface area contributed by atoms with E-state index in [2.05, 4.69) is 6.92 Å². The summed E-state index contributed by atoms with van der Waals surface area (Å²) in [6.07, 6.45) is 1.66. The number of ketones is 2. The zero-order valence-corrected chi connectivity index (χ0v) is 18.1. The number of fused-ring (bicyclic) bond motifs is 1. The lowest BCUT2D eigenvalue weighted by Crippen LogP contribution is -2.33. The van der Waals surface area contributed by atoms with Crippen LogP contribution in [0.25, 0.3) is 0 Å². The number of likely N-dealkylation sites (tertiary alicyclic amines) is 1. The molecule has 162 valence electrons. The summed E-state index contributed by atoms with van der Waals surface area (Å²) in [6.45, 7) is 4.58. The van der Waals surface area contributed by atoms with Crippen molar-refractivity contribution in [1.82, 2.24) is 4.90 Å². The first-order valence-electron chi connectivity index (χ1n) is 10.7. The molecule has 0 bridgehead atoms. The maximum Gasteiger partial charge on any atom is 0.291 e. The number of Topliss-reactive ketones (excluding diaryl/α,β-unsaturated/α-hetero) is 2. The van der Waals surface area contributed by atoms with Crippen LogP contribution in [-0.2, 0) is 27.2 Å². The topological polar surface area (TPSA) is 72.9 Å². The molecule has 0 spiro atoms. The third-order valence-corrected chi connectivity index (χ3v) is 6.13. The summed E-state index contributed by atoms with van der Waals surface area (Å²) in [4.78, 5) is 40.9. The highest BCUT2D eigenvalue weighted by atomic mass is 16.5. The van der Waals surface area contributed by atoms with Gasteiger partial charge >= 0.3 is 0 Å². The fraction of sp³-hybridized carbons (Fsp3) is 0.400. The first-order valence-corrected chi connectivity index (χ1v) is 10.7. The van der Waals surface area contributed by atoms with Crippen LogP contribution in [0, 0.1) is 5.92 Å². The Balaban J connectivity index is 1.72. The predicted molar refractivity (Wildman–Crippen MR) is 115 cm³/mol. The normalized spacial score (nSPS) is 22.5. The van der Waals surface area contributed by atoms with Gasteiger partial charge in [0.05, 0.1) is 12.6 Å². The molecule has 2 heterocycles. The summed E-state index contributed by atoms with van der Waals surface area (Å²) in [5.74, 6) is -1.92. The Morgan fingerprint density at radius 3 is 2.58 bits per heavy atom. The van der Waals surface area contributed by atoms with Crippen LogP contribution in [0.4, 0.5) is 0 Å². The van der Waals surface area contributed by atoms with E-state index in [-0.39, 0.29) is 25.0 Å². The van der Waals surface area contributed by atoms with Crippen LogP contribution < -0.4 is 4.74 Å². The van der Waals surface area contributed by atoms with Gasteiger partial charge in [-0.15, -0.1) is 0 Å². The molecule has 2 aliphatic heterocycles. The van der Waals surface area contributed by atoms with Crippen LogP contribution >= 0.6 is 0 Å². The molecule has 0 aromatic heterocycles. The van der Waals surface area contributed by atoms with E-state index in [4.69, 9.17) is 9.47 Å². The van der Waals surface area contributed by atoms with Gasteiger partial charge in [0.25, 0.3) is 5.91 Å². The highest BCUT2D eigenvalue weighted by Crippen LogP contribution is 2.39. The Morgan fingerprint density at radius 2 is 1.90 bits per heavy atom. The number of aryl methyl sites for hydroxylation is 1. The fourth-order valence-corrected chi connectivity index (χ4v) is 4.49.